The Morgan fingerprint density at radius 1 is 1.23 bits per heavy atom. The lowest BCUT2D eigenvalue weighted by molar-refractivity contribution is 0.102. The number of hydrogen-bond donors (Lipinski definition) is 2. The number of sulfonamides is 1. The van der Waals surface area contributed by atoms with E-state index in [9.17, 15) is 18.0 Å². The zero-order chi connectivity index (χ0) is 18.7. The van der Waals surface area contributed by atoms with Gasteiger partial charge in [-0.25, -0.2) is 8.42 Å². The summed E-state index contributed by atoms with van der Waals surface area (Å²) in [5.74, 6) is -0.215. The number of nitrogens with zero attached hydrogens (tertiary/aromatic N) is 1. The van der Waals surface area contributed by atoms with Crippen LogP contribution in [0.25, 0.3) is 0 Å². The van der Waals surface area contributed by atoms with Gasteiger partial charge in [0.05, 0.1) is 18.6 Å². The SMILES string of the molecule is COc1c[nH]c(C(=O)Nc2ccc(N3CCCCS3(=O)=O)cc2)cc1=O. The highest BCUT2D eigenvalue weighted by Crippen LogP contribution is 2.25. The zero-order valence-corrected chi connectivity index (χ0v) is 15.0. The standard InChI is InChI=1S/C17H19N3O5S/c1-25-16-11-18-14(10-15(16)21)17(22)19-12-4-6-13(7-5-12)20-8-2-3-9-26(20,23)24/h4-7,10-11H,2-3,8-9H2,1H3,(H,18,21)(H,19,22). The Morgan fingerprint density at radius 3 is 2.58 bits per heavy atom. The molecule has 9 heteroatoms. The summed E-state index contributed by atoms with van der Waals surface area (Å²) in [6.07, 6.45) is 2.82. The Bertz CT molecular complexity index is 967. The van der Waals surface area contributed by atoms with Crippen LogP contribution < -0.4 is 19.8 Å². The molecule has 1 amide bonds. The molecule has 26 heavy (non-hydrogen) atoms. The average Bonchev–Trinajstić information content (AvgIpc) is 2.62. The van der Waals surface area contributed by atoms with Gasteiger partial charge in [-0.2, -0.15) is 0 Å². The van der Waals surface area contributed by atoms with E-state index in [4.69, 9.17) is 4.74 Å². The first-order chi connectivity index (χ1) is 12.4. The first-order valence-corrected chi connectivity index (χ1v) is 9.70. The lowest BCUT2D eigenvalue weighted by Gasteiger charge is -2.28. The first-order valence-electron chi connectivity index (χ1n) is 8.09. The second-order valence-corrected chi connectivity index (χ2v) is 7.89. The topological polar surface area (TPSA) is 109 Å². The minimum Gasteiger partial charge on any atom is -0.491 e. The van der Waals surface area contributed by atoms with Gasteiger partial charge in [0.2, 0.25) is 15.5 Å². The molecule has 0 aliphatic carbocycles. The molecule has 1 aromatic carbocycles. The van der Waals surface area contributed by atoms with Gasteiger partial charge < -0.3 is 15.0 Å². The van der Waals surface area contributed by atoms with Crippen molar-refractivity contribution in [3.8, 4) is 5.75 Å². The van der Waals surface area contributed by atoms with Crippen molar-refractivity contribution in [2.75, 3.05) is 29.0 Å². The molecule has 1 aromatic heterocycles. The molecular weight excluding hydrogens is 358 g/mol. The fraction of sp³-hybridized carbons (Fsp3) is 0.294. The van der Waals surface area contributed by atoms with Gasteiger partial charge in [-0.3, -0.25) is 13.9 Å². The van der Waals surface area contributed by atoms with Gasteiger partial charge in [0.25, 0.3) is 5.91 Å². The number of hydrogen-bond acceptors (Lipinski definition) is 5. The van der Waals surface area contributed by atoms with E-state index in [1.165, 1.54) is 17.6 Å². The van der Waals surface area contributed by atoms with E-state index in [1.54, 1.807) is 24.3 Å². The lowest BCUT2D eigenvalue weighted by atomic mass is 10.2. The Labute approximate surface area is 150 Å². The normalized spacial score (nSPS) is 16.1. The molecular formula is C17H19N3O5S. The fourth-order valence-electron chi connectivity index (χ4n) is 2.74. The van der Waals surface area contributed by atoms with Gasteiger partial charge in [-0.05, 0) is 37.1 Å². The zero-order valence-electron chi connectivity index (χ0n) is 14.2. The van der Waals surface area contributed by atoms with E-state index < -0.39 is 21.4 Å². The number of aromatic nitrogens is 1. The van der Waals surface area contributed by atoms with Crippen molar-refractivity contribution in [1.82, 2.24) is 4.98 Å². The first kappa shape index (κ1) is 18.0. The number of amides is 1. The maximum Gasteiger partial charge on any atom is 0.272 e. The van der Waals surface area contributed by atoms with Crippen molar-refractivity contribution in [1.29, 1.82) is 0 Å². The van der Waals surface area contributed by atoms with Crippen molar-refractivity contribution in [2.24, 2.45) is 0 Å². The number of methoxy groups -OCH3 is 1. The molecule has 0 spiro atoms. The molecule has 2 heterocycles. The number of benzene rings is 1. The molecule has 1 fully saturated rings. The number of H-pyrrole nitrogens is 1. The largest absolute Gasteiger partial charge is 0.491 e. The van der Waals surface area contributed by atoms with Gasteiger partial charge >= 0.3 is 0 Å². The minimum atomic E-state index is -3.27. The predicted molar refractivity (Wildman–Crippen MR) is 98.4 cm³/mol. The molecule has 8 nitrogen and oxygen atoms in total. The molecule has 0 unspecified atom stereocenters. The molecule has 2 N–H and O–H groups in total. The third kappa shape index (κ3) is 3.72. The van der Waals surface area contributed by atoms with Crippen LogP contribution in [0.5, 0.6) is 5.75 Å². The van der Waals surface area contributed by atoms with Crippen LogP contribution in [0.4, 0.5) is 11.4 Å². The second kappa shape index (κ2) is 7.20. The Morgan fingerprint density at radius 2 is 1.96 bits per heavy atom. The van der Waals surface area contributed by atoms with Crippen LogP contribution >= 0.6 is 0 Å². The van der Waals surface area contributed by atoms with Crippen molar-refractivity contribution in [3.05, 3.63) is 52.4 Å². The smallest absolute Gasteiger partial charge is 0.272 e. The van der Waals surface area contributed by atoms with Gasteiger partial charge in [-0.1, -0.05) is 0 Å². The molecule has 1 aliphatic rings. The van der Waals surface area contributed by atoms with Gasteiger partial charge in [0.1, 0.15) is 5.69 Å². The lowest BCUT2D eigenvalue weighted by Crippen LogP contribution is -2.37. The summed E-state index contributed by atoms with van der Waals surface area (Å²) in [5.41, 5.74) is 0.755. The summed E-state index contributed by atoms with van der Waals surface area (Å²) in [6.45, 7) is 0.459. The highest BCUT2D eigenvalue weighted by Gasteiger charge is 2.25. The molecule has 0 bridgehead atoms. The summed E-state index contributed by atoms with van der Waals surface area (Å²) >= 11 is 0. The molecule has 0 atom stereocenters. The summed E-state index contributed by atoms with van der Waals surface area (Å²) in [7, 11) is -1.90. The van der Waals surface area contributed by atoms with Crippen LogP contribution in [0, 0.1) is 0 Å². The monoisotopic (exact) mass is 377 g/mol. The highest BCUT2D eigenvalue weighted by atomic mass is 32.2. The van der Waals surface area contributed by atoms with Crippen molar-refractivity contribution < 1.29 is 17.9 Å². The van der Waals surface area contributed by atoms with E-state index in [-0.39, 0.29) is 17.2 Å². The van der Waals surface area contributed by atoms with Crippen LogP contribution in [-0.4, -0.2) is 38.7 Å². The number of carbonyl (C=O) groups is 1. The summed E-state index contributed by atoms with van der Waals surface area (Å²) in [4.78, 5) is 26.6. The molecule has 2 aromatic rings. The minimum absolute atomic E-state index is 0.0958. The molecule has 1 aliphatic heterocycles. The number of anilines is 2. The van der Waals surface area contributed by atoms with Crippen LogP contribution in [0.2, 0.25) is 0 Å². The summed E-state index contributed by atoms with van der Waals surface area (Å²) < 4.78 is 30.5. The van der Waals surface area contributed by atoms with Crippen LogP contribution in [0.15, 0.2) is 41.3 Å². The van der Waals surface area contributed by atoms with Gasteiger partial charge in [0, 0.05) is 24.5 Å². The van der Waals surface area contributed by atoms with E-state index in [2.05, 4.69) is 10.3 Å². The van der Waals surface area contributed by atoms with Crippen molar-refractivity contribution in [2.45, 2.75) is 12.8 Å². The summed E-state index contributed by atoms with van der Waals surface area (Å²) in [5, 5.41) is 2.66. The van der Waals surface area contributed by atoms with Crippen LogP contribution in [-0.2, 0) is 10.0 Å². The average molecular weight is 377 g/mol. The maximum absolute atomic E-state index is 12.2. The maximum atomic E-state index is 12.2. The van der Waals surface area contributed by atoms with Crippen LogP contribution in [0.1, 0.15) is 23.3 Å². The molecule has 138 valence electrons. The van der Waals surface area contributed by atoms with E-state index in [1.807, 2.05) is 0 Å². The van der Waals surface area contributed by atoms with E-state index in [0.29, 0.717) is 24.3 Å². The number of pyridine rings is 1. The number of ether oxygens (including phenoxy) is 1. The predicted octanol–water partition coefficient (Wildman–Crippen LogP) is 1.57. The number of nitrogens with one attached hydrogen (secondary N) is 2. The van der Waals surface area contributed by atoms with Crippen molar-refractivity contribution in [3.63, 3.8) is 0 Å². The molecule has 0 saturated carbocycles. The highest BCUT2D eigenvalue weighted by molar-refractivity contribution is 7.92. The Hall–Kier alpha value is -2.81. The number of aromatic amines is 1. The molecule has 1 saturated heterocycles. The van der Waals surface area contributed by atoms with Gasteiger partial charge in [0.15, 0.2) is 5.75 Å². The van der Waals surface area contributed by atoms with Crippen molar-refractivity contribution >= 4 is 27.3 Å². The third-order valence-corrected chi connectivity index (χ3v) is 5.97. The number of carbonyl (C=O) groups excluding carboxylic acids is 1. The van der Waals surface area contributed by atoms with E-state index in [0.717, 1.165) is 12.5 Å². The Balaban J connectivity index is 1.74. The summed E-state index contributed by atoms with van der Waals surface area (Å²) in [6, 6.07) is 7.70. The second-order valence-electron chi connectivity index (χ2n) is 5.88. The quantitative estimate of drug-likeness (QED) is 0.841. The van der Waals surface area contributed by atoms with Gasteiger partial charge in [-0.15, -0.1) is 0 Å². The number of rotatable bonds is 4. The fourth-order valence-corrected chi connectivity index (χ4v) is 4.38. The van der Waals surface area contributed by atoms with Crippen LogP contribution in [0.3, 0.4) is 0 Å². The third-order valence-electron chi connectivity index (χ3n) is 4.10. The molecule has 0 radical (unpaired) electrons. The van der Waals surface area contributed by atoms with E-state index >= 15 is 0 Å². The Kier molecular flexibility index (Phi) is 4.99. The molecule has 3 rings (SSSR count).